The van der Waals surface area contributed by atoms with Gasteiger partial charge in [-0.2, -0.15) is 4.98 Å². The number of piperidine rings is 1. The number of aromatic nitrogens is 3. The molecule has 2 aromatic rings. The van der Waals surface area contributed by atoms with Crippen molar-refractivity contribution in [1.29, 1.82) is 0 Å². The van der Waals surface area contributed by atoms with Crippen molar-refractivity contribution in [3.05, 3.63) is 28.2 Å². The molecule has 3 heterocycles. The first-order valence-corrected chi connectivity index (χ1v) is 6.85. The van der Waals surface area contributed by atoms with Crippen molar-refractivity contribution in [3.63, 3.8) is 0 Å². The van der Waals surface area contributed by atoms with Crippen LogP contribution in [0, 0.1) is 0 Å². The lowest BCUT2D eigenvalue weighted by molar-refractivity contribution is 0.322. The SMILES string of the molecule is Clc1cnc(-c2noc([C@@H]3CCCNC3)n2)c(Cl)c1. The summed E-state index contributed by atoms with van der Waals surface area (Å²) in [6, 6.07) is 1.61. The predicted octanol–water partition coefficient (Wildman–Crippen LogP) is 2.91. The summed E-state index contributed by atoms with van der Waals surface area (Å²) < 4.78 is 5.31. The van der Waals surface area contributed by atoms with Gasteiger partial charge in [0.15, 0.2) is 0 Å². The lowest BCUT2D eigenvalue weighted by atomic mass is 10.00. The van der Waals surface area contributed by atoms with Crippen molar-refractivity contribution in [2.75, 3.05) is 13.1 Å². The van der Waals surface area contributed by atoms with E-state index in [9.17, 15) is 0 Å². The van der Waals surface area contributed by atoms with Gasteiger partial charge in [-0.25, -0.2) is 4.98 Å². The topological polar surface area (TPSA) is 63.8 Å². The van der Waals surface area contributed by atoms with E-state index in [2.05, 4.69) is 20.4 Å². The standard InChI is InChI=1S/C12H12Cl2N4O/c13-8-4-9(14)10(16-6-8)11-17-12(19-18-11)7-2-1-3-15-5-7/h4,6-7,15H,1-3,5H2/t7-/m1/s1. The van der Waals surface area contributed by atoms with Crippen molar-refractivity contribution < 1.29 is 4.52 Å². The van der Waals surface area contributed by atoms with E-state index in [0.29, 0.717) is 27.5 Å². The van der Waals surface area contributed by atoms with E-state index in [1.54, 1.807) is 6.07 Å². The highest BCUT2D eigenvalue weighted by Crippen LogP contribution is 2.28. The Morgan fingerprint density at radius 3 is 3.00 bits per heavy atom. The molecular weight excluding hydrogens is 287 g/mol. The van der Waals surface area contributed by atoms with Crippen molar-refractivity contribution in [3.8, 4) is 11.5 Å². The molecule has 0 bridgehead atoms. The van der Waals surface area contributed by atoms with Gasteiger partial charge in [0.05, 0.1) is 16.0 Å². The van der Waals surface area contributed by atoms with E-state index in [1.807, 2.05) is 0 Å². The zero-order chi connectivity index (χ0) is 13.2. The second-order valence-corrected chi connectivity index (χ2v) is 5.33. The van der Waals surface area contributed by atoms with Gasteiger partial charge in [0, 0.05) is 12.7 Å². The fraction of sp³-hybridized carbons (Fsp3) is 0.417. The van der Waals surface area contributed by atoms with Crippen LogP contribution in [0.3, 0.4) is 0 Å². The average Bonchev–Trinajstić information content (AvgIpc) is 2.89. The molecule has 5 nitrogen and oxygen atoms in total. The van der Waals surface area contributed by atoms with E-state index >= 15 is 0 Å². The molecule has 1 atom stereocenters. The number of hydrogen-bond acceptors (Lipinski definition) is 5. The van der Waals surface area contributed by atoms with Gasteiger partial charge in [0.2, 0.25) is 11.7 Å². The second-order valence-electron chi connectivity index (χ2n) is 4.48. The number of hydrogen-bond donors (Lipinski definition) is 1. The van der Waals surface area contributed by atoms with E-state index in [1.165, 1.54) is 6.20 Å². The Bertz CT molecular complexity index is 581. The number of pyridine rings is 1. The van der Waals surface area contributed by atoms with Crippen LogP contribution in [0.4, 0.5) is 0 Å². The van der Waals surface area contributed by atoms with Gasteiger partial charge in [0.1, 0.15) is 5.69 Å². The highest BCUT2D eigenvalue weighted by molar-refractivity contribution is 6.35. The van der Waals surface area contributed by atoms with E-state index < -0.39 is 0 Å². The van der Waals surface area contributed by atoms with Gasteiger partial charge in [-0.1, -0.05) is 28.4 Å². The first kappa shape index (κ1) is 12.8. The summed E-state index contributed by atoms with van der Waals surface area (Å²) >= 11 is 11.9. The van der Waals surface area contributed by atoms with Gasteiger partial charge in [-0.05, 0) is 25.5 Å². The minimum Gasteiger partial charge on any atom is -0.339 e. The Morgan fingerprint density at radius 1 is 1.37 bits per heavy atom. The molecule has 0 amide bonds. The van der Waals surface area contributed by atoms with Crippen molar-refractivity contribution in [2.24, 2.45) is 0 Å². The molecule has 0 spiro atoms. The highest BCUT2D eigenvalue weighted by atomic mass is 35.5. The lowest BCUT2D eigenvalue weighted by Crippen LogP contribution is -2.28. The summed E-state index contributed by atoms with van der Waals surface area (Å²) in [7, 11) is 0. The summed E-state index contributed by atoms with van der Waals surface area (Å²) in [6.45, 7) is 1.91. The fourth-order valence-corrected chi connectivity index (χ4v) is 2.60. The Labute approximate surface area is 120 Å². The molecule has 0 unspecified atom stereocenters. The van der Waals surface area contributed by atoms with Crippen LogP contribution in [0.2, 0.25) is 10.0 Å². The molecule has 100 valence electrons. The van der Waals surface area contributed by atoms with Crippen LogP contribution in [-0.2, 0) is 0 Å². The van der Waals surface area contributed by atoms with E-state index in [0.717, 1.165) is 25.9 Å². The van der Waals surface area contributed by atoms with Crippen LogP contribution < -0.4 is 5.32 Å². The van der Waals surface area contributed by atoms with Crippen LogP contribution in [0.25, 0.3) is 11.5 Å². The quantitative estimate of drug-likeness (QED) is 0.923. The average molecular weight is 299 g/mol. The maximum absolute atomic E-state index is 6.08. The maximum atomic E-state index is 6.08. The second kappa shape index (κ2) is 5.45. The van der Waals surface area contributed by atoms with Crippen LogP contribution in [0.15, 0.2) is 16.8 Å². The van der Waals surface area contributed by atoms with Crippen LogP contribution in [0.1, 0.15) is 24.7 Å². The van der Waals surface area contributed by atoms with Gasteiger partial charge in [-0.15, -0.1) is 0 Å². The van der Waals surface area contributed by atoms with Crippen molar-refractivity contribution in [2.45, 2.75) is 18.8 Å². The summed E-state index contributed by atoms with van der Waals surface area (Å²) in [6.07, 6.45) is 3.68. The number of nitrogens with zero attached hydrogens (tertiary/aromatic N) is 3. The molecule has 0 aliphatic carbocycles. The van der Waals surface area contributed by atoms with Crippen LogP contribution >= 0.6 is 23.2 Å². The smallest absolute Gasteiger partial charge is 0.231 e. The molecule has 1 aliphatic heterocycles. The number of halogens is 2. The molecule has 19 heavy (non-hydrogen) atoms. The number of nitrogens with one attached hydrogen (secondary N) is 1. The van der Waals surface area contributed by atoms with Crippen LogP contribution in [0.5, 0.6) is 0 Å². The maximum Gasteiger partial charge on any atom is 0.231 e. The zero-order valence-corrected chi connectivity index (χ0v) is 11.6. The Balaban J connectivity index is 1.87. The minimum absolute atomic E-state index is 0.265. The molecule has 0 radical (unpaired) electrons. The molecule has 1 saturated heterocycles. The van der Waals surface area contributed by atoms with E-state index in [-0.39, 0.29) is 5.92 Å². The molecule has 1 aliphatic rings. The van der Waals surface area contributed by atoms with Crippen LogP contribution in [-0.4, -0.2) is 28.2 Å². The molecule has 0 saturated carbocycles. The van der Waals surface area contributed by atoms with Crippen molar-refractivity contribution >= 4 is 23.2 Å². The summed E-state index contributed by atoms with van der Waals surface area (Å²) in [5, 5.41) is 8.16. The number of rotatable bonds is 2. The third-order valence-electron chi connectivity index (χ3n) is 3.11. The largest absolute Gasteiger partial charge is 0.339 e. The monoisotopic (exact) mass is 298 g/mol. The summed E-state index contributed by atoms with van der Waals surface area (Å²) in [5.74, 6) is 1.30. The minimum atomic E-state index is 0.265. The highest BCUT2D eigenvalue weighted by Gasteiger charge is 2.22. The van der Waals surface area contributed by atoms with E-state index in [4.69, 9.17) is 27.7 Å². The predicted molar refractivity (Wildman–Crippen MR) is 72.4 cm³/mol. The fourth-order valence-electron chi connectivity index (χ4n) is 2.14. The summed E-state index contributed by atoms with van der Waals surface area (Å²) in [5.41, 5.74) is 0.491. The molecule has 1 N–H and O–H groups in total. The zero-order valence-electron chi connectivity index (χ0n) is 10.1. The molecule has 0 aromatic carbocycles. The molecule has 7 heteroatoms. The van der Waals surface area contributed by atoms with Crippen molar-refractivity contribution in [1.82, 2.24) is 20.4 Å². The first-order valence-electron chi connectivity index (χ1n) is 6.10. The van der Waals surface area contributed by atoms with Gasteiger partial charge in [-0.3, -0.25) is 0 Å². The Hall–Kier alpha value is -1.17. The molecule has 1 fully saturated rings. The third-order valence-corrected chi connectivity index (χ3v) is 3.60. The normalized spacial score (nSPS) is 19.6. The first-order chi connectivity index (χ1) is 9.24. The third kappa shape index (κ3) is 2.73. The summed E-state index contributed by atoms with van der Waals surface area (Å²) in [4.78, 5) is 8.53. The van der Waals surface area contributed by atoms with Gasteiger partial charge >= 0.3 is 0 Å². The molecule has 2 aromatic heterocycles. The Kier molecular flexibility index (Phi) is 3.68. The molecular formula is C12H12Cl2N4O. The Morgan fingerprint density at radius 2 is 2.26 bits per heavy atom. The van der Waals surface area contributed by atoms with Gasteiger partial charge in [0.25, 0.3) is 0 Å². The van der Waals surface area contributed by atoms with Gasteiger partial charge < -0.3 is 9.84 Å². The lowest BCUT2D eigenvalue weighted by Gasteiger charge is -2.18. The molecule has 3 rings (SSSR count).